The van der Waals surface area contributed by atoms with Gasteiger partial charge in [0, 0.05) is 22.2 Å². The molecule has 228 valence electrons. The number of fused-ring (bicyclic) bond motifs is 6. The molecule has 1 aliphatic rings. The summed E-state index contributed by atoms with van der Waals surface area (Å²) in [5, 5.41) is 5.01. The molecule has 0 bridgehead atoms. The maximum Gasteiger partial charge on any atom is 0.0540 e. The fraction of sp³-hybridized carbons (Fsp3) is 0.0638. The quantitative estimate of drug-likeness (QED) is 0.175. The number of hydrogen-bond acceptors (Lipinski definition) is 1. The van der Waals surface area contributed by atoms with Crippen molar-refractivity contribution in [1.29, 1.82) is 0 Å². The largest absolute Gasteiger partial charge is 0.310 e. The van der Waals surface area contributed by atoms with E-state index in [0.29, 0.717) is 0 Å². The van der Waals surface area contributed by atoms with Crippen molar-refractivity contribution in [3.8, 4) is 33.4 Å². The molecule has 0 heterocycles. The van der Waals surface area contributed by atoms with Crippen molar-refractivity contribution < 1.29 is 0 Å². The van der Waals surface area contributed by atoms with Gasteiger partial charge in [-0.15, -0.1) is 0 Å². The van der Waals surface area contributed by atoms with Crippen LogP contribution in [0.3, 0.4) is 0 Å². The van der Waals surface area contributed by atoms with Gasteiger partial charge >= 0.3 is 0 Å². The lowest BCUT2D eigenvalue weighted by Crippen LogP contribution is -2.16. The molecule has 8 aromatic carbocycles. The van der Waals surface area contributed by atoms with Crippen molar-refractivity contribution in [3.05, 3.63) is 187 Å². The van der Waals surface area contributed by atoms with E-state index >= 15 is 0 Å². The summed E-state index contributed by atoms with van der Waals surface area (Å²) in [7, 11) is 0. The molecule has 0 fully saturated rings. The molecule has 0 saturated carbocycles. The second-order valence-electron chi connectivity index (χ2n) is 13.4. The minimum atomic E-state index is -0.0897. The van der Waals surface area contributed by atoms with E-state index in [1.54, 1.807) is 0 Å². The van der Waals surface area contributed by atoms with Crippen molar-refractivity contribution in [3.63, 3.8) is 0 Å². The average molecular weight is 614 g/mol. The summed E-state index contributed by atoms with van der Waals surface area (Å²) in [5.74, 6) is 0. The second-order valence-corrected chi connectivity index (χ2v) is 13.4. The Morgan fingerprint density at radius 1 is 0.354 bits per heavy atom. The molecule has 0 amide bonds. The van der Waals surface area contributed by atoms with E-state index in [1.807, 2.05) is 0 Å². The Morgan fingerprint density at radius 3 is 1.69 bits per heavy atom. The fourth-order valence-corrected chi connectivity index (χ4v) is 7.87. The number of rotatable bonds is 5. The monoisotopic (exact) mass is 613 g/mol. The molecule has 0 aliphatic heterocycles. The highest BCUT2D eigenvalue weighted by Gasteiger charge is 2.35. The molecule has 9 rings (SSSR count). The highest BCUT2D eigenvalue weighted by atomic mass is 15.1. The lowest BCUT2D eigenvalue weighted by Gasteiger charge is -2.29. The van der Waals surface area contributed by atoms with Crippen LogP contribution in [0, 0.1) is 0 Å². The van der Waals surface area contributed by atoms with Gasteiger partial charge in [0.15, 0.2) is 0 Å². The topological polar surface area (TPSA) is 3.24 Å². The Bertz CT molecular complexity index is 2460. The summed E-state index contributed by atoms with van der Waals surface area (Å²) in [6.07, 6.45) is 0. The van der Waals surface area contributed by atoms with Crippen LogP contribution in [-0.4, -0.2) is 0 Å². The van der Waals surface area contributed by atoms with Gasteiger partial charge in [-0.3, -0.25) is 0 Å². The van der Waals surface area contributed by atoms with Crippen LogP contribution in [0.25, 0.3) is 54.9 Å². The maximum atomic E-state index is 2.45. The summed E-state index contributed by atoms with van der Waals surface area (Å²) in [6, 6.07) is 64.4. The molecule has 0 saturated heterocycles. The van der Waals surface area contributed by atoms with Crippen molar-refractivity contribution in [1.82, 2.24) is 0 Å². The van der Waals surface area contributed by atoms with Gasteiger partial charge in [-0.2, -0.15) is 0 Å². The van der Waals surface area contributed by atoms with E-state index in [4.69, 9.17) is 0 Å². The summed E-state index contributed by atoms with van der Waals surface area (Å²) >= 11 is 0. The zero-order valence-corrected chi connectivity index (χ0v) is 27.2. The Hall–Kier alpha value is -5.92. The first-order chi connectivity index (χ1) is 23.6. The summed E-state index contributed by atoms with van der Waals surface area (Å²) in [5.41, 5.74) is 13.7. The second kappa shape index (κ2) is 11.1. The normalized spacial score (nSPS) is 13.0. The Labute approximate surface area is 282 Å². The fourth-order valence-electron chi connectivity index (χ4n) is 7.87. The lowest BCUT2D eigenvalue weighted by atomic mass is 9.82. The molecule has 0 radical (unpaired) electrons. The summed E-state index contributed by atoms with van der Waals surface area (Å²) in [4.78, 5) is 2.45. The third kappa shape index (κ3) is 4.47. The van der Waals surface area contributed by atoms with Gasteiger partial charge in [-0.1, -0.05) is 159 Å². The predicted octanol–water partition coefficient (Wildman–Crippen LogP) is 13.1. The number of benzene rings is 8. The molecular weight excluding hydrogens is 579 g/mol. The smallest absolute Gasteiger partial charge is 0.0540 e. The Kier molecular flexibility index (Phi) is 6.55. The van der Waals surface area contributed by atoms with E-state index in [1.165, 1.54) is 71.7 Å². The van der Waals surface area contributed by atoms with E-state index in [2.05, 4.69) is 195 Å². The molecular formula is C47H35N. The molecule has 8 aromatic rings. The number of hydrogen-bond donors (Lipinski definition) is 0. The van der Waals surface area contributed by atoms with Crippen LogP contribution >= 0.6 is 0 Å². The first-order valence-corrected chi connectivity index (χ1v) is 16.8. The minimum Gasteiger partial charge on any atom is -0.310 e. The summed E-state index contributed by atoms with van der Waals surface area (Å²) < 4.78 is 0. The van der Waals surface area contributed by atoms with Crippen molar-refractivity contribution >= 4 is 38.6 Å². The maximum absolute atomic E-state index is 2.45. The van der Waals surface area contributed by atoms with Gasteiger partial charge in [0.2, 0.25) is 0 Å². The minimum absolute atomic E-state index is 0.0897. The van der Waals surface area contributed by atoms with Gasteiger partial charge in [-0.05, 0) is 91.0 Å². The van der Waals surface area contributed by atoms with Crippen LogP contribution in [-0.2, 0) is 5.41 Å². The van der Waals surface area contributed by atoms with Crippen LogP contribution in [0.5, 0.6) is 0 Å². The van der Waals surface area contributed by atoms with Crippen molar-refractivity contribution in [2.45, 2.75) is 19.3 Å². The molecule has 0 atom stereocenters. The first kappa shape index (κ1) is 28.3. The van der Waals surface area contributed by atoms with Crippen molar-refractivity contribution in [2.24, 2.45) is 0 Å². The van der Waals surface area contributed by atoms with E-state index in [0.717, 1.165) is 11.4 Å². The molecule has 1 aliphatic carbocycles. The van der Waals surface area contributed by atoms with Crippen LogP contribution in [0.2, 0.25) is 0 Å². The zero-order valence-electron chi connectivity index (χ0n) is 27.2. The molecule has 0 unspecified atom stereocenters. The molecule has 0 N–H and O–H groups in total. The predicted molar refractivity (Wildman–Crippen MR) is 205 cm³/mol. The van der Waals surface area contributed by atoms with E-state index in [9.17, 15) is 0 Å². The van der Waals surface area contributed by atoms with Crippen molar-refractivity contribution in [2.75, 3.05) is 4.90 Å². The van der Waals surface area contributed by atoms with Gasteiger partial charge < -0.3 is 4.90 Å². The molecule has 48 heavy (non-hydrogen) atoms. The molecule has 0 spiro atoms. The lowest BCUT2D eigenvalue weighted by molar-refractivity contribution is 0.660. The molecule has 0 aromatic heterocycles. The molecule has 1 heteroatoms. The van der Waals surface area contributed by atoms with Gasteiger partial charge in [0.1, 0.15) is 0 Å². The van der Waals surface area contributed by atoms with E-state index in [-0.39, 0.29) is 5.41 Å². The standard InChI is InChI=1S/C47H35N/c1-47(2)44-21-10-9-17-41(44)42-28-27-36(31-45(42)47)48(35-25-23-33(24-26-35)32-13-5-3-6-14-32)46-22-12-20-39-38-19-11-18-37(34-15-7-4-8-16-34)40(38)29-30-43(39)46/h3-31H,1-2H3. The van der Waals surface area contributed by atoms with Gasteiger partial charge in [-0.25, -0.2) is 0 Å². The zero-order chi connectivity index (χ0) is 32.2. The third-order valence-electron chi connectivity index (χ3n) is 10.3. The van der Waals surface area contributed by atoms with Crippen LogP contribution < -0.4 is 4.90 Å². The van der Waals surface area contributed by atoms with Crippen LogP contribution in [0.1, 0.15) is 25.0 Å². The number of nitrogens with zero attached hydrogens (tertiary/aromatic N) is 1. The van der Waals surface area contributed by atoms with Gasteiger partial charge in [0.05, 0.1) is 5.69 Å². The average Bonchev–Trinajstić information content (AvgIpc) is 3.38. The van der Waals surface area contributed by atoms with Crippen LogP contribution in [0.15, 0.2) is 176 Å². The Morgan fingerprint density at radius 2 is 0.917 bits per heavy atom. The highest BCUT2D eigenvalue weighted by Crippen LogP contribution is 2.51. The third-order valence-corrected chi connectivity index (χ3v) is 10.3. The number of anilines is 3. The van der Waals surface area contributed by atoms with Gasteiger partial charge in [0.25, 0.3) is 0 Å². The molecule has 1 nitrogen and oxygen atoms in total. The Balaban J connectivity index is 1.25. The van der Waals surface area contributed by atoms with Crippen LogP contribution in [0.4, 0.5) is 17.1 Å². The first-order valence-electron chi connectivity index (χ1n) is 16.8. The van der Waals surface area contributed by atoms with E-state index < -0.39 is 0 Å². The summed E-state index contributed by atoms with van der Waals surface area (Å²) in [6.45, 7) is 4.71. The highest BCUT2D eigenvalue weighted by molar-refractivity contribution is 6.16. The SMILES string of the molecule is CC1(C)c2ccccc2-c2ccc(N(c3ccc(-c4ccccc4)cc3)c3cccc4c3ccc3c(-c5ccccc5)cccc34)cc21.